The lowest BCUT2D eigenvalue weighted by Gasteiger charge is -2.09. The Morgan fingerprint density at radius 2 is 2.00 bits per heavy atom. The van der Waals surface area contributed by atoms with Crippen molar-refractivity contribution in [3.63, 3.8) is 0 Å². The Morgan fingerprint density at radius 3 is 2.65 bits per heavy atom. The topological polar surface area (TPSA) is 66.9 Å². The van der Waals surface area contributed by atoms with Crippen LogP contribution < -0.4 is 10.6 Å². The van der Waals surface area contributed by atoms with Gasteiger partial charge in [-0.25, -0.2) is 0 Å². The van der Waals surface area contributed by atoms with Crippen LogP contribution in [0.2, 0.25) is 5.02 Å². The third kappa shape index (κ3) is 5.21. The zero-order chi connectivity index (χ0) is 16.7. The zero-order valence-electron chi connectivity index (χ0n) is 13.4. The van der Waals surface area contributed by atoms with Crippen molar-refractivity contribution in [3.05, 3.63) is 46.6 Å². The molecule has 1 amide bonds. The first-order chi connectivity index (χ1) is 11.1. The summed E-state index contributed by atoms with van der Waals surface area (Å²) in [7, 11) is 0. The van der Waals surface area contributed by atoms with E-state index in [0.29, 0.717) is 23.1 Å². The number of hydrogen-bond donors (Lipinski definition) is 2. The molecule has 0 aliphatic carbocycles. The van der Waals surface area contributed by atoms with Gasteiger partial charge in [0.05, 0.1) is 0 Å². The van der Waals surface area contributed by atoms with Crippen LogP contribution in [-0.4, -0.2) is 22.6 Å². The Morgan fingerprint density at radius 1 is 1.17 bits per heavy atom. The number of hydrogen-bond acceptors (Lipinski definition) is 4. The summed E-state index contributed by atoms with van der Waals surface area (Å²) >= 11 is 5.94. The number of unbranched alkanes of at least 4 members (excludes halogenated alkanes) is 2. The predicted molar refractivity (Wildman–Crippen MR) is 93.4 cm³/mol. The average molecular weight is 333 g/mol. The second-order valence-corrected chi connectivity index (χ2v) is 5.79. The summed E-state index contributed by atoms with van der Waals surface area (Å²) in [5.41, 5.74) is 2.23. The van der Waals surface area contributed by atoms with Crippen molar-refractivity contribution < 1.29 is 4.79 Å². The molecule has 0 bridgehead atoms. The Bertz CT molecular complexity index is 658. The molecule has 1 aromatic heterocycles. The van der Waals surface area contributed by atoms with E-state index >= 15 is 0 Å². The lowest BCUT2D eigenvalue weighted by molar-refractivity contribution is 0.0947. The van der Waals surface area contributed by atoms with Gasteiger partial charge in [-0.3, -0.25) is 4.79 Å². The van der Waals surface area contributed by atoms with Gasteiger partial charge < -0.3 is 10.6 Å². The van der Waals surface area contributed by atoms with E-state index in [0.717, 1.165) is 30.5 Å². The number of benzene rings is 1. The maximum atomic E-state index is 11.9. The molecule has 0 spiro atoms. The number of amides is 1. The molecule has 122 valence electrons. The summed E-state index contributed by atoms with van der Waals surface area (Å²) < 4.78 is 0. The molecular formula is C17H21ClN4O. The number of halogens is 1. The van der Waals surface area contributed by atoms with Crippen molar-refractivity contribution in [1.82, 2.24) is 15.5 Å². The molecule has 2 aromatic rings. The van der Waals surface area contributed by atoms with Crippen LogP contribution in [0.5, 0.6) is 0 Å². The summed E-state index contributed by atoms with van der Waals surface area (Å²) in [6, 6.07) is 8.96. The second-order valence-electron chi connectivity index (χ2n) is 5.35. The fraction of sp³-hybridized carbons (Fsp3) is 0.353. The monoisotopic (exact) mass is 332 g/mol. The van der Waals surface area contributed by atoms with Gasteiger partial charge in [-0.05, 0) is 49.2 Å². The molecule has 6 heteroatoms. The molecule has 1 aromatic carbocycles. The first-order valence-corrected chi connectivity index (χ1v) is 8.13. The highest BCUT2D eigenvalue weighted by molar-refractivity contribution is 6.30. The van der Waals surface area contributed by atoms with Crippen molar-refractivity contribution in [3.8, 4) is 0 Å². The smallest absolute Gasteiger partial charge is 0.271 e. The molecule has 23 heavy (non-hydrogen) atoms. The molecule has 1 heterocycles. The van der Waals surface area contributed by atoms with Crippen LogP contribution in [0, 0.1) is 6.92 Å². The third-order valence-corrected chi connectivity index (χ3v) is 3.65. The lowest BCUT2D eigenvalue weighted by Crippen LogP contribution is -2.25. The Hall–Kier alpha value is -2.14. The number of aryl methyl sites for hydroxylation is 1. The molecule has 0 aliphatic rings. The summed E-state index contributed by atoms with van der Waals surface area (Å²) in [5, 5.41) is 14.7. The quantitative estimate of drug-likeness (QED) is 0.749. The number of anilines is 2. The Kier molecular flexibility index (Phi) is 6.35. The number of nitrogens with one attached hydrogen (secondary N) is 2. The summed E-state index contributed by atoms with van der Waals surface area (Å²) in [6.07, 6.45) is 3.21. The molecule has 2 rings (SSSR count). The van der Waals surface area contributed by atoms with Gasteiger partial charge in [-0.2, -0.15) is 0 Å². The van der Waals surface area contributed by atoms with Crippen LogP contribution in [0.3, 0.4) is 0 Å². The van der Waals surface area contributed by atoms with Crippen molar-refractivity contribution in [2.75, 3.05) is 11.9 Å². The Balaban J connectivity index is 1.95. The van der Waals surface area contributed by atoms with Crippen LogP contribution in [0.4, 0.5) is 11.5 Å². The van der Waals surface area contributed by atoms with Gasteiger partial charge in [0, 0.05) is 17.3 Å². The molecule has 0 aliphatic heterocycles. The van der Waals surface area contributed by atoms with Crippen LogP contribution in [-0.2, 0) is 0 Å². The van der Waals surface area contributed by atoms with Crippen molar-refractivity contribution >= 4 is 29.0 Å². The van der Waals surface area contributed by atoms with Gasteiger partial charge >= 0.3 is 0 Å². The first-order valence-electron chi connectivity index (χ1n) is 7.75. The summed E-state index contributed by atoms with van der Waals surface area (Å²) in [6.45, 7) is 4.75. The first kappa shape index (κ1) is 17.2. The van der Waals surface area contributed by atoms with Gasteiger partial charge in [-0.15, -0.1) is 10.2 Å². The van der Waals surface area contributed by atoms with Gasteiger partial charge in [0.25, 0.3) is 5.91 Å². The number of aromatic nitrogens is 2. The summed E-state index contributed by atoms with van der Waals surface area (Å²) in [4.78, 5) is 11.9. The molecule has 0 unspecified atom stereocenters. The average Bonchev–Trinajstić information content (AvgIpc) is 2.55. The second kappa shape index (κ2) is 8.48. The fourth-order valence-corrected chi connectivity index (χ4v) is 2.32. The van der Waals surface area contributed by atoms with E-state index in [4.69, 9.17) is 11.6 Å². The maximum Gasteiger partial charge on any atom is 0.271 e. The number of nitrogens with zero attached hydrogens (tertiary/aromatic N) is 2. The standard InChI is InChI=1S/C17H21ClN4O/c1-3-4-5-10-19-17(23)15-8-9-16(22-21-15)20-14-7-6-13(18)11-12(14)2/h6-9,11H,3-5,10H2,1-2H3,(H,19,23)(H,20,22). The number of rotatable bonds is 7. The highest BCUT2D eigenvalue weighted by Gasteiger charge is 2.08. The minimum absolute atomic E-state index is 0.192. The molecule has 0 saturated heterocycles. The molecular weight excluding hydrogens is 312 g/mol. The van der Waals surface area contributed by atoms with E-state index in [1.165, 1.54) is 0 Å². The molecule has 0 fully saturated rings. The van der Waals surface area contributed by atoms with E-state index < -0.39 is 0 Å². The molecule has 2 N–H and O–H groups in total. The van der Waals surface area contributed by atoms with E-state index in [9.17, 15) is 4.79 Å². The van der Waals surface area contributed by atoms with E-state index in [1.54, 1.807) is 12.1 Å². The van der Waals surface area contributed by atoms with Crippen LogP contribution >= 0.6 is 11.6 Å². The maximum absolute atomic E-state index is 11.9. The van der Waals surface area contributed by atoms with Crippen LogP contribution in [0.15, 0.2) is 30.3 Å². The number of carbonyl (C=O) groups excluding carboxylic acids is 1. The lowest BCUT2D eigenvalue weighted by atomic mass is 10.2. The van der Waals surface area contributed by atoms with Gasteiger partial charge in [-0.1, -0.05) is 31.4 Å². The fourth-order valence-electron chi connectivity index (χ4n) is 2.09. The molecule has 0 saturated carbocycles. The highest BCUT2D eigenvalue weighted by Crippen LogP contribution is 2.22. The van der Waals surface area contributed by atoms with Crippen LogP contribution in [0.1, 0.15) is 42.2 Å². The summed E-state index contributed by atoms with van der Waals surface area (Å²) in [5.74, 6) is 0.390. The minimum atomic E-state index is -0.192. The van der Waals surface area contributed by atoms with Crippen LogP contribution in [0.25, 0.3) is 0 Å². The number of carbonyl (C=O) groups is 1. The van der Waals surface area contributed by atoms with Gasteiger partial charge in [0.15, 0.2) is 11.5 Å². The van der Waals surface area contributed by atoms with E-state index in [1.807, 2.05) is 25.1 Å². The Labute approximate surface area is 141 Å². The molecule has 0 atom stereocenters. The predicted octanol–water partition coefficient (Wildman–Crippen LogP) is 4.10. The normalized spacial score (nSPS) is 10.4. The van der Waals surface area contributed by atoms with E-state index in [2.05, 4.69) is 27.8 Å². The van der Waals surface area contributed by atoms with Crippen molar-refractivity contribution in [2.45, 2.75) is 33.1 Å². The van der Waals surface area contributed by atoms with E-state index in [-0.39, 0.29) is 5.91 Å². The van der Waals surface area contributed by atoms with Gasteiger partial charge in [0.2, 0.25) is 0 Å². The molecule has 0 radical (unpaired) electrons. The highest BCUT2D eigenvalue weighted by atomic mass is 35.5. The SMILES string of the molecule is CCCCCNC(=O)c1ccc(Nc2ccc(Cl)cc2C)nn1. The largest absolute Gasteiger partial charge is 0.351 e. The zero-order valence-corrected chi connectivity index (χ0v) is 14.2. The molecule has 5 nitrogen and oxygen atoms in total. The van der Waals surface area contributed by atoms with Gasteiger partial charge in [0.1, 0.15) is 0 Å². The third-order valence-electron chi connectivity index (χ3n) is 3.41. The van der Waals surface area contributed by atoms with Crippen molar-refractivity contribution in [1.29, 1.82) is 0 Å². The van der Waals surface area contributed by atoms with Crippen molar-refractivity contribution in [2.24, 2.45) is 0 Å². The minimum Gasteiger partial charge on any atom is -0.351 e.